The van der Waals surface area contributed by atoms with Crippen LogP contribution in [0, 0.1) is 0 Å². The summed E-state index contributed by atoms with van der Waals surface area (Å²) in [6.07, 6.45) is 9.29. The summed E-state index contributed by atoms with van der Waals surface area (Å²) in [5.41, 5.74) is 1.60. The SMILES string of the molecule is C=CC(C)(O)CC/C=C(\C)CC/C=C(\C)COC(C)=O. The summed E-state index contributed by atoms with van der Waals surface area (Å²) in [6, 6.07) is 0. The summed E-state index contributed by atoms with van der Waals surface area (Å²) in [4.78, 5) is 10.7. The molecule has 0 radical (unpaired) electrons. The third-order valence-electron chi connectivity index (χ3n) is 3.12. The molecule has 0 heterocycles. The van der Waals surface area contributed by atoms with Crippen LogP contribution in [0.15, 0.2) is 36.0 Å². The monoisotopic (exact) mass is 280 g/mol. The molecular formula is C17H28O3. The maximum atomic E-state index is 10.7. The van der Waals surface area contributed by atoms with Gasteiger partial charge < -0.3 is 9.84 Å². The molecule has 0 aliphatic heterocycles. The fourth-order valence-corrected chi connectivity index (χ4v) is 1.64. The third-order valence-corrected chi connectivity index (χ3v) is 3.12. The van der Waals surface area contributed by atoms with Crippen LogP contribution in [0.3, 0.4) is 0 Å². The average Bonchev–Trinajstić information content (AvgIpc) is 2.36. The lowest BCUT2D eigenvalue weighted by molar-refractivity contribution is -0.139. The van der Waals surface area contributed by atoms with Crippen molar-refractivity contribution in [2.45, 2.75) is 59.0 Å². The van der Waals surface area contributed by atoms with E-state index in [9.17, 15) is 9.90 Å². The molecule has 0 saturated heterocycles. The molecule has 0 bridgehead atoms. The fourth-order valence-electron chi connectivity index (χ4n) is 1.64. The van der Waals surface area contributed by atoms with Crippen molar-refractivity contribution in [2.24, 2.45) is 0 Å². The van der Waals surface area contributed by atoms with Gasteiger partial charge in [0, 0.05) is 6.92 Å². The molecule has 0 saturated carbocycles. The minimum atomic E-state index is -0.780. The van der Waals surface area contributed by atoms with E-state index in [0.29, 0.717) is 13.0 Å². The number of aliphatic hydroxyl groups is 1. The second kappa shape index (κ2) is 9.54. The van der Waals surface area contributed by atoms with Gasteiger partial charge in [0.2, 0.25) is 0 Å². The molecule has 1 atom stereocenters. The van der Waals surface area contributed by atoms with Crippen molar-refractivity contribution in [1.29, 1.82) is 0 Å². The second-order valence-corrected chi connectivity index (χ2v) is 5.52. The number of carbonyl (C=O) groups is 1. The van der Waals surface area contributed by atoms with Crippen molar-refractivity contribution in [1.82, 2.24) is 0 Å². The minimum Gasteiger partial charge on any atom is -0.461 e. The normalized spacial score (nSPS) is 15.7. The van der Waals surface area contributed by atoms with Crippen LogP contribution < -0.4 is 0 Å². The Labute approximate surface area is 123 Å². The second-order valence-electron chi connectivity index (χ2n) is 5.52. The Morgan fingerprint density at radius 2 is 1.80 bits per heavy atom. The van der Waals surface area contributed by atoms with E-state index in [0.717, 1.165) is 24.8 Å². The van der Waals surface area contributed by atoms with Gasteiger partial charge in [-0.15, -0.1) is 6.58 Å². The van der Waals surface area contributed by atoms with Crippen molar-refractivity contribution in [3.05, 3.63) is 36.0 Å². The van der Waals surface area contributed by atoms with Gasteiger partial charge in [0.05, 0.1) is 5.60 Å². The van der Waals surface area contributed by atoms with E-state index in [4.69, 9.17) is 4.74 Å². The molecule has 0 rings (SSSR count). The van der Waals surface area contributed by atoms with E-state index in [2.05, 4.69) is 25.7 Å². The zero-order valence-electron chi connectivity index (χ0n) is 13.2. The van der Waals surface area contributed by atoms with Crippen molar-refractivity contribution < 1.29 is 14.6 Å². The first-order valence-corrected chi connectivity index (χ1v) is 7.07. The fraction of sp³-hybridized carbons (Fsp3) is 0.588. The van der Waals surface area contributed by atoms with Crippen LogP contribution in [0.2, 0.25) is 0 Å². The molecule has 0 fully saturated rings. The molecular weight excluding hydrogens is 252 g/mol. The Morgan fingerprint density at radius 1 is 1.20 bits per heavy atom. The minimum absolute atomic E-state index is 0.247. The molecule has 0 aromatic rings. The highest BCUT2D eigenvalue weighted by Crippen LogP contribution is 2.15. The average molecular weight is 280 g/mol. The standard InChI is InChI=1S/C17H28O3/c1-6-17(5,19)12-8-11-14(2)9-7-10-15(3)13-20-16(4)18/h6,10-11,19H,1,7-9,12-13H2,2-5H3/b14-11+,15-10+. The first-order valence-electron chi connectivity index (χ1n) is 7.07. The molecule has 1 unspecified atom stereocenters. The third kappa shape index (κ3) is 10.6. The van der Waals surface area contributed by atoms with Gasteiger partial charge in [-0.2, -0.15) is 0 Å². The largest absolute Gasteiger partial charge is 0.461 e. The molecule has 3 nitrogen and oxygen atoms in total. The molecule has 0 aliphatic rings. The van der Waals surface area contributed by atoms with E-state index < -0.39 is 5.60 Å². The van der Waals surface area contributed by atoms with Crippen molar-refractivity contribution >= 4 is 5.97 Å². The molecule has 3 heteroatoms. The maximum Gasteiger partial charge on any atom is 0.302 e. The Bertz CT molecular complexity index is 376. The lowest BCUT2D eigenvalue weighted by atomic mass is 9.99. The van der Waals surface area contributed by atoms with Crippen molar-refractivity contribution in [3.8, 4) is 0 Å². The topological polar surface area (TPSA) is 46.5 Å². The van der Waals surface area contributed by atoms with Gasteiger partial charge in [-0.25, -0.2) is 0 Å². The van der Waals surface area contributed by atoms with Crippen LogP contribution >= 0.6 is 0 Å². The van der Waals surface area contributed by atoms with Crippen molar-refractivity contribution in [3.63, 3.8) is 0 Å². The first kappa shape index (κ1) is 18.7. The summed E-state index contributed by atoms with van der Waals surface area (Å²) in [6.45, 7) is 11.2. The van der Waals surface area contributed by atoms with Crippen LogP contribution in [0.1, 0.15) is 53.4 Å². The highest BCUT2D eigenvalue weighted by Gasteiger charge is 2.13. The predicted molar refractivity (Wildman–Crippen MR) is 83.4 cm³/mol. The van der Waals surface area contributed by atoms with Crippen LogP contribution in [0.5, 0.6) is 0 Å². The van der Waals surface area contributed by atoms with Gasteiger partial charge >= 0.3 is 5.97 Å². The molecule has 20 heavy (non-hydrogen) atoms. The first-order chi connectivity index (χ1) is 9.26. The predicted octanol–water partition coefficient (Wildman–Crippen LogP) is 3.94. The van der Waals surface area contributed by atoms with E-state index in [1.807, 2.05) is 6.92 Å². The lowest BCUT2D eigenvalue weighted by Gasteiger charge is -2.16. The lowest BCUT2D eigenvalue weighted by Crippen LogP contribution is -2.19. The van der Waals surface area contributed by atoms with Gasteiger partial charge in [0.15, 0.2) is 0 Å². The van der Waals surface area contributed by atoms with E-state index >= 15 is 0 Å². The van der Waals surface area contributed by atoms with E-state index in [-0.39, 0.29) is 5.97 Å². The Balaban J connectivity index is 3.97. The molecule has 0 aromatic heterocycles. The number of allylic oxidation sites excluding steroid dienone is 3. The Kier molecular flexibility index (Phi) is 8.89. The summed E-state index contributed by atoms with van der Waals surface area (Å²) < 4.78 is 4.92. The zero-order valence-corrected chi connectivity index (χ0v) is 13.2. The number of esters is 1. The van der Waals surface area contributed by atoms with Crippen LogP contribution in [-0.2, 0) is 9.53 Å². The molecule has 0 amide bonds. The summed E-state index contributed by atoms with van der Waals surface area (Å²) in [5.74, 6) is -0.247. The summed E-state index contributed by atoms with van der Waals surface area (Å²) in [7, 11) is 0. The molecule has 0 spiro atoms. The van der Waals surface area contributed by atoms with Gasteiger partial charge in [-0.3, -0.25) is 4.79 Å². The van der Waals surface area contributed by atoms with Gasteiger partial charge in [-0.05, 0) is 52.0 Å². The quantitative estimate of drug-likeness (QED) is 0.514. The Hall–Kier alpha value is -1.35. The molecule has 1 N–H and O–H groups in total. The van der Waals surface area contributed by atoms with Crippen molar-refractivity contribution in [2.75, 3.05) is 6.61 Å². The number of rotatable bonds is 9. The summed E-state index contributed by atoms with van der Waals surface area (Å²) in [5, 5.41) is 9.79. The number of hydrogen-bond donors (Lipinski definition) is 1. The Morgan fingerprint density at radius 3 is 2.35 bits per heavy atom. The summed E-state index contributed by atoms with van der Waals surface area (Å²) >= 11 is 0. The van der Waals surface area contributed by atoms with Gasteiger partial charge in [-0.1, -0.05) is 23.8 Å². The maximum absolute atomic E-state index is 10.7. The highest BCUT2D eigenvalue weighted by molar-refractivity contribution is 5.66. The smallest absolute Gasteiger partial charge is 0.302 e. The zero-order chi connectivity index (χ0) is 15.6. The molecule has 0 aliphatic carbocycles. The highest BCUT2D eigenvalue weighted by atomic mass is 16.5. The number of carbonyl (C=O) groups excluding carboxylic acids is 1. The molecule has 0 aromatic carbocycles. The van der Waals surface area contributed by atoms with Crippen LogP contribution in [-0.4, -0.2) is 23.3 Å². The number of hydrogen-bond acceptors (Lipinski definition) is 3. The number of ether oxygens (including phenoxy) is 1. The van der Waals surface area contributed by atoms with E-state index in [1.165, 1.54) is 12.5 Å². The van der Waals surface area contributed by atoms with Gasteiger partial charge in [0.1, 0.15) is 6.61 Å². The van der Waals surface area contributed by atoms with Crippen LogP contribution in [0.4, 0.5) is 0 Å². The van der Waals surface area contributed by atoms with Gasteiger partial charge in [0.25, 0.3) is 0 Å². The van der Waals surface area contributed by atoms with E-state index in [1.54, 1.807) is 13.0 Å². The molecule has 114 valence electrons. The van der Waals surface area contributed by atoms with Crippen LogP contribution in [0.25, 0.3) is 0 Å².